The molecule has 152 valence electrons. The fourth-order valence-electron chi connectivity index (χ4n) is 2.82. The van der Waals surface area contributed by atoms with Gasteiger partial charge in [0.2, 0.25) is 4.77 Å². The van der Waals surface area contributed by atoms with Crippen molar-refractivity contribution >= 4 is 18.4 Å². The highest BCUT2D eigenvalue weighted by atomic mass is 32.1. The molecule has 7 heteroatoms. The summed E-state index contributed by atoms with van der Waals surface area (Å²) in [6.07, 6.45) is 5.20. The van der Waals surface area contributed by atoms with Crippen LogP contribution in [0.5, 0.6) is 11.5 Å². The van der Waals surface area contributed by atoms with E-state index in [2.05, 4.69) is 22.2 Å². The first-order valence-corrected chi connectivity index (χ1v) is 10.3. The largest absolute Gasteiger partial charge is 0.494 e. The Morgan fingerprint density at radius 3 is 2.62 bits per heavy atom. The molecule has 0 spiro atoms. The van der Waals surface area contributed by atoms with Crippen LogP contribution < -0.4 is 9.47 Å². The number of aromatic nitrogens is 3. The molecule has 0 radical (unpaired) electrons. The molecule has 3 rings (SSSR count). The maximum Gasteiger partial charge on any atom is 0.216 e. The molecule has 0 fully saturated rings. The molecule has 1 aromatic heterocycles. The fraction of sp³-hybridized carbons (Fsp3) is 0.318. The maximum absolute atomic E-state index is 5.75. The lowest BCUT2D eigenvalue weighted by Crippen LogP contribution is -1.99. The summed E-state index contributed by atoms with van der Waals surface area (Å²) >= 11 is 5.36. The second-order valence-corrected chi connectivity index (χ2v) is 6.85. The van der Waals surface area contributed by atoms with E-state index in [-0.39, 0.29) is 0 Å². The Hall–Kier alpha value is -2.93. The van der Waals surface area contributed by atoms with Crippen LogP contribution in [0.4, 0.5) is 0 Å². The van der Waals surface area contributed by atoms with Crippen LogP contribution in [-0.4, -0.2) is 34.3 Å². The Morgan fingerprint density at radius 2 is 1.86 bits per heavy atom. The van der Waals surface area contributed by atoms with Gasteiger partial charge in [0.05, 0.1) is 25.0 Å². The van der Waals surface area contributed by atoms with Gasteiger partial charge in [0.15, 0.2) is 5.82 Å². The number of H-pyrrole nitrogens is 1. The van der Waals surface area contributed by atoms with Crippen LogP contribution in [0.15, 0.2) is 53.6 Å². The van der Waals surface area contributed by atoms with Gasteiger partial charge < -0.3 is 9.47 Å². The molecule has 0 aliphatic rings. The quantitative estimate of drug-likeness (QED) is 0.274. The monoisotopic (exact) mass is 410 g/mol. The van der Waals surface area contributed by atoms with E-state index >= 15 is 0 Å². The van der Waals surface area contributed by atoms with E-state index in [0.29, 0.717) is 17.2 Å². The maximum atomic E-state index is 5.75. The van der Waals surface area contributed by atoms with E-state index in [1.54, 1.807) is 10.9 Å². The Bertz CT molecular complexity index is 993. The SMILES string of the molecule is CCCCCOc1ccc(/C=N\n2c(-c3ccccc3OCC)n[nH]c2=S)cc1. The first-order valence-electron chi connectivity index (χ1n) is 9.89. The summed E-state index contributed by atoms with van der Waals surface area (Å²) < 4.78 is 13.5. The number of hydrogen-bond donors (Lipinski definition) is 1. The highest BCUT2D eigenvalue weighted by molar-refractivity contribution is 7.71. The second kappa shape index (κ2) is 10.6. The number of rotatable bonds is 10. The van der Waals surface area contributed by atoms with Gasteiger partial charge in [0.25, 0.3) is 0 Å². The molecular weight excluding hydrogens is 384 g/mol. The standard InChI is InChI=1S/C22H26N4O2S/c1-3-5-8-15-28-18-13-11-17(12-14-18)16-23-26-21(24-25-22(26)29)19-9-6-7-10-20(19)27-4-2/h6-7,9-14,16H,3-5,8,15H2,1-2H3,(H,25,29)/b23-16-. The molecule has 0 amide bonds. The summed E-state index contributed by atoms with van der Waals surface area (Å²) in [7, 11) is 0. The summed E-state index contributed by atoms with van der Waals surface area (Å²) in [6.45, 7) is 5.44. The van der Waals surface area contributed by atoms with Crippen molar-refractivity contribution in [2.75, 3.05) is 13.2 Å². The van der Waals surface area contributed by atoms with Crippen LogP contribution in [-0.2, 0) is 0 Å². The number of hydrogen-bond acceptors (Lipinski definition) is 5. The first-order chi connectivity index (χ1) is 14.2. The van der Waals surface area contributed by atoms with Gasteiger partial charge in [0, 0.05) is 0 Å². The zero-order chi connectivity index (χ0) is 20.5. The van der Waals surface area contributed by atoms with Crippen molar-refractivity contribution in [3.8, 4) is 22.9 Å². The van der Waals surface area contributed by atoms with E-state index in [1.807, 2.05) is 55.5 Å². The predicted molar refractivity (Wildman–Crippen MR) is 118 cm³/mol. The molecule has 0 atom stereocenters. The van der Waals surface area contributed by atoms with Crippen molar-refractivity contribution in [2.45, 2.75) is 33.1 Å². The average Bonchev–Trinajstić information content (AvgIpc) is 3.11. The lowest BCUT2D eigenvalue weighted by Gasteiger charge is -2.09. The van der Waals surface area contributed by atoms with Gasteiger partial charge in [0.1, 0.15) is 11.5 Å². The first kappa shape index (κ1) is 20.8. The van der Waals surface area contributed by atoms with Gasteiger partial charge >= 0.3 is 0 Å². The number of benzene rings is 2. The van der Waals surface area contributed by atoms with Gasteiger partial charge in [-0.15, -0.1) is 0 Å². The van der Waals surface area contributed by atoms with Crippen LogP contribution in [0, 0.1) is 4.77 Å². The lowest BCUT2D eigenvalue weighted by atomic mass is 10.2. The second-order valence-electron chi connectivity index (χ2n) is 6.46. The van der Waals surface area contributed by atoms with Crippen molar-refractivity contribution in [3.63, 3.8) is 0 Å². The molecule has 3 aromatic rings. The predicted octanol–water partition coefficient (Wildman–Crippen LogP) is 5.46. The number of aromatic amines is 1. The summed E-state index contributed by atoms with van der Waals surface area (Å²) in [6, 6.07) is 15.5. The lowest BCUT2D eigenvalue weighted by molar-refractivity contribution is 0.306. The van der Waals surface area contributed by atoms with E-state index < -0.39 is 0 Å². The van der Waals surface area contributed by atoms with Crippen LogP contribution in [0.1, 0.15) is 38.7 Å². The Balaban J connectivity index is 1.77. The van der Waals surface area contributed by atoms with Crippen LogP contribution in [0.2, 0.25) is 0 Å². The molecule has 0 bridgehead atoms. The summed E-state index contributed by atoms with van der Waals surface area (Å²) in [4.78, 5) is 0. The van der Waals surface area contributed by atoms with Crippen molar-refractivity contribution in [3.05, 3.63) is 58.9 Å². The van der Waals surface area contributed by atoms with Gasteiger partial charge in [-0.3, -0.25) is 0 Å². The summed E-state index contributed by atoms with van der Waals surface area (Å²) in [5.74, 6) is 2.21. The number of nitrogens with zero attached hydrogens (tertiary/aromatic N) is 3. The normalized spacial score (nSPS) is 11.1. The number of para-hydroxylation sites is 1. The van der Waals surface area contributed by atoms with E-state index in [9.17, 15) is 0 Å². The number of nitrogens with one attached hydrogen (secondary N) is 1. The van der Waals surface area contributed by atoms with Crippen LogP contribution in [0.3, 0.4) is 0 Å². The molecule has 0 saturated heterocycles. The Kier molecular flexibility index (Phi) is 7.58. The third-order valence-corrected chi connectivity index (χ3v) is 4.56. The minimum atomic E-state index is 0.415. The van der Waals surface area contributed by atoms with Crippen molar-refractivity contribution in [2.24, 2.45) is 5.10 Å². The third-order valence-electron chi connectivity index (χ3n) is 4.30. The molecule has 0 aliphatic carbocycles. The molecule has 6 nitrogen and oxygen atoms in total. The molecule has 1 N–H and O–H groups in total. The average molecular weight is 411 g/mol. The topological polar surface area (TPSA) is 64.4 Å². The molecule has 29 heavy (non-hydrogen) atoms. The smallest absolute Gasteiger partial charge is 0.216 e. The minimum absolute atomic E-state index is 0.415. The molecule has 0 saturated carbocycles. The van der Waals surface area contributed by atoms with Crippen molar-refractivity contribution < 1.29 is 9.47 Å². The van der Waals surface area contributed by atoms with Gasteiger partial charge in [-0.1, -0.05) is 31.9 Å². The zero-order valence-electron chi connectivity index (χ0n) is 16.8. The van der Waals surface area contributed by atoms with Gasteiger partial charge in [-0.2, -0.15) is 14.9 Å². The van der Waals surface area contributed by atoms with E-state index in [0.717, 1.165) is 35.7 Å². The Labute approximate surface area is 176 Å². The molecule has 1 heterocycles. The summed E-state index contributed by atoms with van der Waals surface area (Å²) in [5.41, 5.74) is 1.77. The highest BCUT2D eigenvalue weighted by Gasteiger charge is 2.13. The van der Waals surface area contributed by atoms with Crippen LogP contribution >= 0.6 is 12.2 Å². The van der Waals surface area contributed by atoms with Crippen molar-refractivity contribution in [1.82, 2.24) is 14.9 Å². The minimum Gasteiger partial charge on any atom is -0.494 e. The van der Waals surface area contributed by atoms with E-state index in [1.165, 1.54) is 12.8 Å². The fourth-order valence-corrected chi connectivity index (χ4v) is 3.00. The molecule has 0 unspecified atom stereocenters. The molecule has 2 aromatic carbocycles. The molecular formula is C22H26N4O2S. The molecule has 0 aliphatic heterocycles. The third kappa shape index (κ3) is 5.54. The zero-order valence-corrected chi connectivity index (χ0v) is 17.6. The van der Waals surface area contributed by atoms with E-state index in [4.69, 9.17) is 21.7 Å². The number of ether oxygens (including phenoxy) is 2. The number of unbranched alkanes of at least 4 members (excludes halogenated alkanes) is 2. The van der Waals surface area contributed by atoms with Crippen LogP contribution in [0.25, 0.3) is 11.4 Å². The van der Waals surface area contributed by atoms with Crippen molar-refractivity contribution in [1.29, 1.82) is 0 Å². The van der Waals surface area contributed by atoms with Gasteiger partial charge in [-0.25, -0.2) is 5.10 Å². The highest BCUT2D eigenvalue weighted by Crippen LogP contribution is 2.28. The Morgan fingerprint density at radius 1 is 1.07 bits per heavy atom. The summed E-state index contributed by atoms with van der Waals surface area (Å²) in [5, 5.41) is 11.7. The van der Waals surface area contributed by atoms with Gasteiger partial charge in [-0.05, 0) is 67.5 Å².